The van der Waals surface area contributed by atoms with E-state index in [0.29, 0.717) is 38.6 Å². The van der Waals surface area contributed by atoms with Gasteiger partial charge in [0.1, 0.15) is 23.9 Å². The van der Waals surface area contributed by atoms with Gasteiger partial charge in [-0.25, -0.2) is 0 Å². The second kappa shape index (κ2) is 22.2. The number of carbonyl (C=O) groups is 2. The predicted octanol–water partition coefficient (Wildman–Crippen LogP) is 8.92. The molecule has 0 unspecified atom stereocenters. The van der Waals surface area contributed by atoms with E-state index in [9.17, 15) is 14.7 Å². The number of amides is 2. The van der Waals surface area contributed by atoms with Gasteiger partial charge in [0.25, 0.3) is 0 Å². The molecule has 0 aromatic heterocycles. The van der Waals surface area contributed by atoms with Gasteiger partial charge in [-0.1, -0.05) is 141 Å². The molecule has 2 amide bonds. The molecule has 5 aromatic rings. The quantitative estimate of drug-likeness (QED) is 0.0504. The minimum Gasteiger partial charge on any atom is -0.387 e. The molecule has 2 bridgehead atoms. The summed E-state index contributed by atoms with van der Waals surface area (Å²) in [7, 11) is 0. The number of benzene rings is 5. The highest BCUT2D eigenvalue weighted by atomic mass is 16.8. The minimum atomic E-state index is -1.49. The Morgan fingerprint density at radius 3 is 1.80 bits per heavy atom. The van der Waals surface area contributed by atoms with Crippen LogP contribution in [0.2, 0.25) is 0 Å². The standard InChI is InChI=1S/C58H73N3O8/c1-8-56(9-2,53(63)60-39-54(4,5)59)61-49(62)27-19-26-42-29-31-43(32-30-42)34-47-35-48(33-28-41(47)3)58-52(67-38-46-24-17-12-18-25-46)50(65-36-44-20-13-10-14-21-44)51(66-37-45-22-15-11-16-23-45)57(69-58,40-68-58)55(6,7)64/h10-18,20-25,28-33,35,50-52,64H,8-9,19,26-27,34,36-40,59H2,1-7H3,(H,60,63)(H,61,62)/t50-,51-,52+,57-,58-/m0/s1. The Labute approximate surface area is 409 Å². The third-order valence-corrected chi connectivity index (χ3v) is 13.9. The zero-order valence-corrected chi connectivity index (χ0v) is 41.6. The molecule has 2 aliphatic rings. The van der Waals surface area contributed by atoms with Crippen molar-refractivity contribution in [2.75, 3.05) is 13.2 Å². The van der Waals surface area contributed by atoms with Crippen LogP contribution in [0, 0.1) is 6.92 Å². The number of aliphatic hydroxyl groups is 1. The Morgan fingerprint density at radius 2 is 1.26 bits per heavy atom. The first-order chi connectivity index (χ1) is 33.0. The maximum Gasteiger partial charge on any atom is 0.245 e. The van der Waals surface area contributed by atoms with Crippen LogP contribution in [-0.2, 0) is 71.7 Å². The van der Waals surface area contributed by atoms with Crippen LogP contribution in [-0.4, -0.2) is 70.7 Å². The highest BCUT2D eigenvalue weighted by Gasteiger charge is 2.73. The molecule has 0 spiro atoms. The summed E-state index contributed by atoms with van der Waals surface area (Å²) >= 11 is 0. The van der Waals surface area contributed by atoms with Crippen LogP contribution < -0.4 is 16.4 Å². The molecule has 2 heterocycles. The summed E-state index contributed by atoms with van der Waals surface area (Å²) in [5.74, 6) is -1.83. The summed E-state index contributed by atoms with van der Waals surface area (Å²) < 4.78 is 35.3. The lowest BCUT2D eigenvalue weighted by Crippen LogP contribution is -2.72. The number of aryl methyl sites for hydroxylation is 2. The number of nitrogens with one attached hydrogen (secondary N) is 2. The van der Waals surface area contributed by atoms with E-state index in [1.165, 1.54) is 0 Å². The van der Waals surface area contributed by atoms with Gasteiger partial charge in [-0.3, -0.25) is 9.59 Å². The van der Waals surface area contributed by atoms with E-state index in [-0.39, 0.29) is 38.2 Å². The fraction of sp³-hybridized carbons (Fsp3) is 0.448. The van der Waals surface area contributed by atoms with Crippen molar-refractivity contribution in [2.45, 2.75) is 153 Å². The van der Waals surface area contributed by atoms with Crippen molar-refractivity contribution >= 4 is 11.8 Å². The Morgan fingerprint density at radius 1 is 0.725 bits per heavy atom. The van der Waals surface area contributed by atoms with Gasteiger partial charge < -0.3 is 45.2 Å². The first-order valence-electron chi connectivity index (χ1n) is 24.6. The first-order valence-corrected chi connectivity index (χ1v) is 24.6. The van der Waals surface area contributed by atoms with Gasteiger partial charge in [-0.2, -0.15) is 0 Å². The molecule has 5 atom stereocenters. The van der Waals surface area contributed by atoms with Crippen LogP contribution >= 0.6 is 0 Å². The van der Waals surface area contributed by atoms with Crippen molar-refractivity contribution in [3.05, 3.63) is 178 Å². The number of fused-ring (bicyclic) bond motifs is 2. The van der Waals surface area contributed by atoms with E-state index in [4.69, 9.17) is 29.4 Å². The molecule has 5 N–H and O–H groups in total. The maximum absolute atomic E-state index is 13.2. The van der Waals surface area contributed by atoms with E-state index in [1.807, 2.05) is 125 Å². The maximum atomic E-state index is 13.2. The van der Waals surface area contributed by atoms with Crippen molar-refractivity contribution in [1.82, 2.24) is 10.6 Å². The summed E-state index contributed by atoms with van der Waals surface area (Å²) in [5.41, 5.74) is 9.90. The monoisotopic (exact) mass is 940 g/mol. The van der Waals surface area contributed by atoms with Gasteiger partial charge in [0, 0.05) is 24.1 Å². The normalized spacial score (nSPS) is 21.5. The summed E-state index contributed by atoms with van der Waals surface area (Å²) in [6.45, 7) is 14.3. The van der Waals surface area contributed by atoms with Crippen molar-refractivity contribution in [2.24, 2.45) is 5.73 Å². The number of carbonyl (C=O) groups excluding carboxylic acids is 2. The summed E-state index contributed by atoms with van der Waals surface area (Å²) in [6, 6.07) is 44.8. The molecule has 0 radical (unpaired) electrons. The molecule has 368 valence electrons. The van der Waals surface area contributed by atoms with Crippen molar-refractivity contribution < 1.29 is 38.4 Å². The van der Waals surface area contributed by atoms with Crippen LogP contribution in [0.15, 0.2) is 133 Å². The number of hydrogen-bond donors (Lipinski definition) is 4. The lowest BCUT2D eigenvalue weighted by Gasteiger charge is -2.54. The average Bonchev–Trinajstić information content (AvgIpc) is 3.72. The molecule has 2 fully saturated rings. The highest BCUT2D eigenvalue weighted by Crippen LogP contribution is 2.56. The summed E-state index contributed by atoms with van der Waals surface area (Å²) in [6.07, 6.45) is 0.873. The van der Waals surface area contributed by atoms with Gasteiger partial charge in [-0.15, -0.1) is 0 Å². The average molecular weight is 940 g/mol. The molecular formula is C58H73N3O8. The molecule has 5 aromatic carbocycles. The second-order valence-corrected chi connectivity index (χ2v) is 20.2. The number of nitrogens with two attached hydrogens (primary N) is 1. The van der Waals surface area contributed by atoms with E-state index < -0.39 is 46.4 Å². The molecular weight excluding hydrogens is 867 g/mol. The molecule has 69 heavy (non-hydrogen) atoms. The summed E-state index contributed by atoms with van der Waals surface area (Å²) in [5, 5.41) is 18.2. The fourth-order valence-corrected chi connectivity index (χ4v) is 9.50. The number of rotatable bonds is 23. The van der Waals surface area contributed by atoms with Gasteiger partial charge in [0.05, 0.1) is 32.0 Å². The van der Waals surface area contributed by atoms with Gasteiger partial charge >= 0.3 is 0 Å². The zero-order chi connectivity index (χ0) is 49.3. The molecule has 2 saturated heterocycles. The van der Waals surface area contributed by atoms with Gasteiger partial charge in [0.15, 0.2) is 5.60 Å². The van der Waals surface area contributed by atoms with E-state index in [2.05, 4.69) is 54.0 Å². The smallest absolute Gasteiger partial charge is 0.245 e. The topological polar surface area (TPSA) is 151 Å². The van der Waals surface area contributed by atoms with Crippen LogP contribution in [0.3, 0.4) is 0 Å². The molecule has 0 aliphatic carbocycles. The SMILES string of the molecule is CCC(CC)(NC(=O)CCCc1ccc(Cc2cc([C@]34OC[C@](C(C)(C)O)(O3)[C@@H](OCc3ccccc3)[C@H](OCc3ccccc3)[C@H]4OCc3ccccc3)ccc2C)cc1)C(=O)NCC(C)(C)N. The van der Waals surface area contributed by atoms with Gasteiger partial charge in [-0.05, 0) is 112 Å². The molecule has 11 heteroatoms. The third kappa shape index (κ3) is 12.2. The van der Waals surface area contributed by atoms with E-state index in [0.717, 1.165) is 50.9 Å². The van der Waals surface area contributed by atoms with Crippen molar-refractivity contribution in [3.8, 4) is 0 Å². The molecule has 11 nitrogen and oxygen atoms in total. The van der Waals surface area contributed by atoms with Crippen LogP contribution in [0.1, 0.15) is 112 Å². The van der Waals surface area contributed by atoms with Gasteiger partial charge in [0.2, 0.25) is 17.6 Å². The Hall–Kier alpha value is -5.24. The van der Waals surface area contributed by atoms with Crippen LogP contribution in [0.5, 0.6) is 0 Å². The second-order valence-electron chi connectivity index (χ2n) is 20.2. The minimum absolute atomic E-state index is 0.0272. The first kappa shape index (κ1) is 51.6. The van der Waals surface area contributed by atoms with Crippen molar-refractivity contribution in [1.29, 1.82) is 0 Å². The van der Waals surface area contributed by atoms with E-state index >= 15 is 0 Å². The molecule has 2 aliphatic heterocycles. The number of ether oxygens (including phenoxy) is 5. The molecule has 0 saturated carbocycles. The zero-order valence-electron chi connectivity index (χ0n) is 41.6. The number of hydrogen-bond acceptors (Lipinski definition) is 9. The predicted molar refractivity (Wildman–Crippen MR) is 269 cm³/mol. The Bertz CT molecular complexity index is 2430. The third-order valence-electron chi connectivity index (χ3n) is 13.9. The van der Waals surface area contributed by atoms with Crippen LogP contribution in [0.4, 0.5) is 0 Å². The lowest BCUT2D eigenvalue weighted by atomic mass is 9.74. The Kier molecular flexibility index (Phi) is 16.6. The Balaban J connectivity index is 1.13. The lowest BCUT2D eigenvalue weighted by molar-refractivity contribution is -0.369. The van der Waals surface area contributed by atoms with Crippen LogP contribution in [0.25, 0.3) is 0 Å². The molecule has 7 rings (SSSR count). The fourth-order valence-electron chi connectivity index (χ4n) is 9.50. The van der Waals surface area contributed by atoms with E-state index in [1.54, 1.807) is 13.8 Å². The highest BCUT2D eigenvalue weighted by molar-refractivity contribution is 5.91. The summed E-state index contributed by atoms with van der Waals surface area (Å²) in [4.78, 5) is 26.4. The largest absolute Gasteiger partial charge is 0.387 e. The van der Waals surface area contributed by atoms with Crippen molar-refractivity contribution in [3.63, 3.8) is 0 Å².